The molecule has 4 aromatic carbocycles. The Balaban J connectivity index is 0.000000251. The Hall–Kier alpha value is -3.85. The zero-order chi connectivity index (χ0) is 33.8. The molecule has 7 heteroatoms. The zero-order valence-corrected chi connectivity index (χ0v) is 31.0. The smallest absolute Gasteiger partial charge is 0.202 e. The Morgan fingerprint density at radius 2 is 1.04 bits per heavy atom. The fourth-order valence-corrected chi connectivity index (χ4v) is 6.14. The number of guanidine groups is 2. The predicted octanol–water partition coefficient (Wildman–Crippen LogP) is 10.0. The molecule has 0 saturated heterocycles. The van der Waals surface area contributed by atoms with Crippen molar-refractivity contribution in [3.8, 4) is 0 Å². The zero-order valence-electron chi connectivity index (χ0n) is 28.8. The van der Waals surface area contributed by atoms with E-state index in [1.165, 1.54) is 16.7 Å². The van der Waals surface area contributed by atoms with Gasteiger partial charge in [0, 0.05) is 47.8 Å². The summed E-state index contributed by atoms with van der Waals surface area (Å²) in [6, 6.07) is 33.4. The van der Waals surface area contributed by atoms with Crippen molar-refractivity contribution in [2.75, 3.05) is 46.8 Å². The highest BCUT2D eigenvalue weighted by atomic mass is 127. The van der Waals surface area contributed by atoms with Crippen LogP contribution >= 0.6 is 22.6 Å². The normalized spacial score (nSPS) is 10.6. The maximum absolute atomic E-state index is 8.74. The van der Waals surface area contributed by atoms with Gasteiger partial charge in [0.15, 0.2) is 0 Å². The number of para-hydroxylation sites is 2. The topological polar surface area (TPSA) is 60.7 Å². The Labute approximate surface area is 291 Å². The summed E-state index contributed by atoms with van der Waals surface area (Å²) in [6.45, 7) is 14.4. The van der Waals surface area contributed by atoms with Crippen LogP contribution in [0.1, 0.15) is 64.2 Å². The highest BCUT2D eigenvalue weighted by Gasteiger charge is 2.20. The molecule has 0 spiro atoms. The summed E-state index contributed by atoms with van der Waals surface area (Å²) in [7, 11) is 3.93. The molecule has 6 nitrogen and oxygen atoms in total. The van der Waals surface area contributed by atoms with Crippen LogP contribution in [0.15, 0.2) is 97.1 Å². The third kappa shape index (κ3) is 9.12. The highest BCUT2D eigenvalue weighted by molar-refractivity contribution is 14.1. The molecule has 0 heterocycles. The Bertz CT molecular complexity index is 1580. The molecular formula is C39H51IN6. The minimum atomic E-state index is 0.426. The molecule has 4 aromatic rings. The highest BCUT2D eigenvalue weighted by Crippen LogP contribution is 2.28. The van der Waals surface area contributed by atoms with Gasteiger partial charge in [-0.15, -0.1) is 0 Å². The molecule has 0 saturated carbocycles. The minimum Gasteiger partial charge on any atom is -0.315 e. The van der Waals surface area contributed by atoms with Crippen LogP contribution in [0.3, 0.4) is 0 Å². The van der Waals surface area contributed by atoms with Crippen molar-refractivity contribution >= 4 is 57.3 Å². The molecule has 0 aliphatic rings. The van der Waals surface area contributed by atoms with Crippen molar-refractivity contribution in [3.05, 3.63) is 117 Å². The lowest BCUT2D eigenvalue weighted by atomic mass is 10.0. The van der Waals surface area contributed by atoms with Crippen LogP contribution in [0.5, 0.6) is 0 Å². The Kier molecular flexibility index (Phi) is 14.1. The first-order valence-electron chi connectivity index (χ1n) is 16.3. The maximum Gasteiger partial charge on any atom is 0.202 e. The summed E-state index contributed by atoms with van der Waals surface area (Å²) in [6.07, 6.45) is 2.01. The number of hydrogen-bond acceptors (Lipinski definition) is 2. The average molecular weight is 731 g/mol. The van der Waals surface area contributed by atoms with Gasteiger partial charge in [-0.3, -0.25) is 10.8 Å². The lowest BCUT2D eigenvalue weighted by Crippen LogP contribution is -2.42. The van der Waals surface area contributed by atoms with E-state index < -0.39 is 0 Å². The first-order chi connectivity index (χ1) is 22.1. The van der Waals surface area contributed by atoms with E-state index in [0.29, 0.717) is 17.8 Å². The van der Waals surface area contributed by atoms with Gasteiger partial charge < -0.3 is 19.6 Å². The molecule has 0 unspecified atom stereocenters. The number of rotatable bonds is 9. The van der Waals surface area contributed by atoms with E-state index >= 15 is 0 Å². The van der Waals surface area contributed by atoms with Gasteiger partial charge in [-0.05, 0) is 114 Å². The molecule has 0 aromatic heterocycles. The summed E-state index contributed by atoms with van der Waals surface area (Å²) in [5, 5.41) is 17.3. The molecule has 2 N–H and O–H groups in total. The maximum atomic E-state index is 8.74. The standard InChI is InChI=1S/C21H29N3.C18H22IN3/c1-6-17-11-10-12-18(15-17)24(7-2)21(22)23(5)20-14-9-8-13-19(20)16(3)4;1-4-14-9-8-10-15(13-14)22(5-2)18(20)21(3)17-12-7-6-11-16(17)19/h8-16,22H,6-7H2,1-5H3;6-13,20H,4-5H2,1-3H3. The third-order valence-corrected chi connectivity index (χ3v) is 9.09. The van der Waals surface area contributed by atoms with Gasteiger partial charge >= 0.3 is 0 Å². The predicted molar refractivity (Wildman–Crippen MR) is 210 cm³/mol. The number of aryl methyl sites for hydroxylation is 2. The molecule has 244 valence electrons. The van der Waals surface area contributed by atoms with Crippen molar-refractivity contribution < 1.29 is 0 Å². The quantitative estimate of drug-likeness (QED) is 0.102. The van der Waals surface area contributed by atoms with Gasteiger partial charge in [0.1, 0.15) is 0 Å². The van der Waals surface area contributed by atoms with Crippen molar-refractivity contribution in [3.63, 3.8) is 0 Å². The average Bonchev–Trinajstić information content (AvgIpc) is 3.08. The van der Waals surface area contributed by atoms with Gasteiger partial charge in [0.2, 0.25) is 11.9 Å². The monoisotopic (exact) mass is 730 g/mol. The van der Waals surface area contributed by atoms with E-state index in [1.807, 2.05) is 53.1 Å². The molecule has 0 aliphatic heterocycles. The number of nitrogens with zero attached hydrogens (tertiary/aromatic N) is 4. The second kappa shape index (κ2) is 17.7. The van der Waals surface area contributed by atoms with Crippen molar-refractivity contribution in [2.24, 2.45) is 0 Å². The van der Waals surface area contributed by atoms with Gasteiger partial charge in [0.25, 0.3) is 0 Å². The summed E-state index contributed by atoms with van der Waals surface area (Å²) in [4.78, 5) is 8.00. The summed E-state index contributed by atoms with van der Waals surface area (Å²) >= 11 is 2.31. The largest absolute Gasteiger partial charge is 0.315 e. The molecule has 0 atom stereocenters. The number of anilines is 4. The fourth-order valence-electron chi connectivity index (χ4n) is 5.39. The molecule has 46 heavy (non-hydrogen) atoms. The summed E-state index contributed by atoms with van der Waals surface area (Å²) < 4.78 is 1.14. The van der Waals surface area contributed by atoms with Gasteiger partial charge in [-0.2, -0.15) is 0 Å². The molecule has 4 rings (SSSR count). The van der Waals surface area contributed by atoms with Crippen LogP contribution in [0.2, 0.25) is 0 Å². The van der Waals surface area contributed by atoms with Crippen LogP contribution in [-0.4, -0.2) is 39.1 Å². The molecule has 0 fully saturated rings. The number of hydrogen-bond donors (Lipinski definition) is 2. The second-order valence-electron chi connectivity index (χ2n) is 11.5. The van der Waals surface area contributed by atoms with Crippen LogP contribution < -0.4 is 19.6 Å². The lowest BCUT2D eigenvalue weighted by molar-refractivity contribution is 0.861. The number of benzene rings is 4. The van der Waals surface area contributed by atoms with Gasteiger partial charge in [-0.1, -0.05) is 82.3 Å². The minimum absolute atomic E-state index is 0.426. The molecule has 0 amide bonds. The Morgan fingerprint density at radius 3 is 1.48 bits per heavy atom. The summed E-state index contributed by atoms with van der Waals surface area (Å²) in [5.74, 6) is 1.41. The van der Waals surface area contributed by atoms with E-state index in [2.05, 4.69) is 142 Å². The molecule has 0 aliphatic carbocycles. The van der Waals surface area contributed by atoms with Gasteiger partial charge in [-0.25, -0.2) is 0 Å². The van der Waals surface area contributed by atoms with Crippen LogP contribution in [0, 0.1) is 14.4 Å². The number of nitrogens with one attached hydrogen (secondary N) is 2. The van der Waals surface area contributed by atoms with Crippen molar-refractivity contribution in [1.82, 2.24) is 0 Å². The van der Waals surface area contributed by atoms with Gasteiger partial charge in [0.05, 0.1) is 5.69 Å². The van der Waals surface area contributed by atoms with E-state index in [9.17, 15) is 0 Å². The van der Waals surface area contributed by atoms with E-state index in [4.69, 9.17) is 10.8 Å². The first-order valence-corrected chi connectivity index (χ1v) is 17.4. The molecular weight excluding hydrogens is 679 g/mol. The fraction of sp³-hybridized carbons (Fsp3) is 0.333. The van der Waals surface area contributed by atoms with Crippen molar-refractivity contribution in [1.29, 1.82) is 10.8 Å². The third-order valence-electron chi connectivity index (χ3n) is 8.17. The number of halogens is 1. The van der Waals surface area contributed by atoms with Crippen LogP contribution in [-0.2, 0) is 12.8 Å². The first kappa shape index (κ1) is 36.6. The van der Waals surface area contributed by atoms with Crippen LogP contribution in [0.25, 0.3) is 0 Å². The second-order valence-corrected chi connectivity index (χ2v) is 12.6. The van der Waals surface area contributed by atoms with Crippen molar-refractivity contribution in [2.45, 2.75) is 60.3 Å². The van der Waals surface area contributed by atoms with E-state index in [-0.39, 0.29) is 0 Å². The molecule has 0 radical (unpaired) electrons. The lowest BCUT2D eigenvalue weighted by Gasteiger charge is -2.32. The van der Waals surface area contributed by atoms with E-state index in [0.717, 1.165) is 52.3 Å². The molecule has 0 bridgehead atoms. The summed E-state index contributed by atoms with van der Waals surface area (Å²) in [5.41, 5.74) is 8.16. The van der Waals surface area contributed by atoms with E-state index in [1.54, 1.807) is 0 Å². The van der Waals surface area contributed by atoms with Crippen LogP contribution in [0.4, 0.5) is 22.7 Å². The SMILES string of the molecule is CCc1cccc(N(CC)C(=N)N(C)c2ccccc2C(C)C)c1.CCc1cccc(N(CC)C(=N)N(C)c2ccccc2I)c1. The Morgan fingerprint density at radius 1 is 0.609 bits per heavy atom.